The van der Waals surface area contributed by atoms with Gasteiger partial charge in [0.05, 0.1) is 5.69 Å². The van der Waals surface area contributed by atoms with Crippen molar-refractivity contribution < 1.29 is 9.59 Å². The van der Waals surface area contributed by atoms with Gasteiger partial charge >= 0.3 is 6.03 Å². The standard InChI is InChI=1S/C29H27N3O2/c1-17(2)19-12-14-21(15-13-19)31-28(33)25-16-23-22-6-4-5-7-24(22)30-26(23)27(32(25)29(31)34)20-10-8-18(3)9-11-20/h4-15,17,25,27,30H,16H2,1-3H3/t25-,27-/m0/s1. The number of para-hydroxylation sites is 1. The van der Waals surface area contributed by atoms with Gasteiger partial charge in [0.25, 0.3) is 5.91 Å². The number of imide groups is 1. The number of hydrogen-bond acceptors (Lipinski definition) is 2. The molecule has 3 aromatic carbocycles. The van der Waals surface area contributed by atoms with Crippen molar-refractivity contribution in [3.8, 4) is 0 Å². The molecular weight excluding hydrogens is 422 g/mol. The Morgan fingerprint density at radius 3 is 2.32 bits per heavy atom. The highest BCUT2D eigenvalue weighted by Crippen LogP contribution is 2.44. The first-order valence-corrected chi connectivity index (χ1v) is 11.9. The first kappa shape index (κ1) is 20.7. The largest absolute Gasteiger partial charge is 0.356 e. The summed E-state index contributed by atoms with van der Waals surface area (Å²) in [4.78, 5) is 34.3. The minimum absolute atomic E-state index is 0.157. The predicted molar refractivity (Wildman–Crippen MR) is 134 cm³/mol. The van der Waals surface area contributed by atoms with Crippen molar-refractivity contribution in [2.45, 2.75) is 45.2 Å². The van der Waals surface area contributed by atoms with Crippen molar-refractivity contribution in [1.82, 2.24) is 9.88 Å². The molecule has 0 radical (unpaired) electrons. The molecule has 5 heteroatoms. The number of carbonyl (C=O) groups is 2. The third-order valence-electron chi connectivity index (χ3n) is 7.26. The fourth-order valence-electron chi connectivity index (χ4n) is 5.42. The molecule has 4 aromatic rings. The lowest BCUT2D eigenvalue weighted by molar-refractivity contribution is -0.120. The summed E-state index contributed by atoms with van der Waals surface area (Å²) in [5.74, 6) is 0.227. The lowest BCUT2D eigenvalue weighted by Gasteiger charge is -2.36. The number of benzene rings is 3. The third-order valence-corrected chi connectivity index (χ3v) is 7.26. The van der Waals surface area contributed by atoms with Gasteiger partial charge in [-0.1, -0.05) is 74.0 Å². The zero-order valence-electron chi connectivity index (χ0n) is 19.6. The van der Waals surface area contributed by atoms with E-state index >= 15 is 0 Å². The molecule has 1 aromatic heterocycles. The Kier molecular flexibility index (Phi) is 4.63. The van der Waals surface area contributed by atoms with E-state index in [1.807, 2.05) is 36.4 Å². The summed E-state index contributed by atoms with van der Waals surface area (Å²) in [6, 6.07) is 23.1. The van der Waals surface area contributed by atoms with Gasteiger partial charge < -0.3 is 4.98 Å². The number of aromatic nitrogens is 1. The minimum Gasteiger partial charge on any atom is -0.356 e. The highest BCUT2D eigenvalue weighted by molar-refractivity contribution is 6.22. The summed E-state index contributed by atoms with van der Waals surface area (Å²) in [5, 5.41) is 1.12. The van der Waals surface area contributed by atoms with E-state index in [4.69, 9.17) is 0 Å². The van der Waals surface area contributed by atoms with E-state index < -0.39 is 6.04 Å². The number of carbonyl (C=O) groups excluding carboxylic acids is 2. The Morgan fingerprint density at radius 1 is 0.912 bits per heavy atom. The molecule has 0 unspecified atom stereocenters. The van der Waals surface area contributed by atoms with E-state index in [0.717, 1.165) is 33.3 Å². The van der Waals surface area contributed by atoms with Gasteiger partial charge in [-0.2, -0.15) is 0 Å². The van der Waals surface area contributed by atoms with Crippen molar-refractivity contribution >= 4 is 28.5 Å². The van der Waals surface area contributed by atoms with Gasteiger partial charge in [0.15, 0.2) is 0 Å². The molecule has 0 saturated carbocycles. The Bertz CT molecular complexity index is 1420. The number of nitrogens with zero attached hydrogens (tertiary/aromatic N) is 2. The number of anilines is 1. The molecule has 34 heavy (non-hydrogen) atoms. The van der Waals surface area contributed by atoms with E-state index in [9.17, 15) is 9.59 Å². The first-order chi connectivity index (χ1) is 16.4. The second kappa shape index (κ2) is 7.59. The maximum absolute atomic E-state index is 13.9. The zero-order valence-corrected chi connectivity index (χ0v) is 19.6. The van der Waals surface area contributed by atoms with Crippen LogP contribution in [0, 0.1) is 6.92 Å². The van der Waals surface area contributed by atoms with Crippen molar-refractivity contribution in [3.63, 3.8) is 0 Å². The van der Waals surface area contributed by atoms with Crippen LogP contribution in [0.25, 0.3) is 10.9 Å². The first-order valence-electron chi connectivity index (χ1n) is 11.9. The number of nitrogens with one attached hydrogen (secondary N) is 1. The van der Waals surface area contributed by atoms with Crippen LogP contribution in [0.4, 0.5) is 10.5 Å². The van der Waals surface area contributed by atoms with E-state index in [0.29, 0.717) is 18.0 Å². The Morgan fingerprint density at radius 2 is 1.62 bits per heavy atom. The molecule has 3 amide bonds. The maximum atomic E-state index is 13.9. The van der Waals surface area contributed by atoms with E-state index in [2.05, 4.69) is 62.2 Å². The second-order valence-electron chi connectivity index (χ2n) is 9.71. The van der Waals surface area contributed by atoms with Gasteiger partial charge in [-0.3, -0.25) is 9.69 Å². The molecule has 6 rings (SSSR count). The molecule has 0 bridgehead atoms. The monoisotopic (exact) mass is 449 g/mol. The Labute approximate surface area is 199 Å². The highest BCUT2D eigenvalue weighted by Gasteiger charge is 2.53. The van der Waals surface area contributed by atoms with Crippen LogP contribution in [0.1, 0.15) is 53.8 Å². The average Bonchev–Trinajstić information content (AvgIpc) is 3.33. The van der Waals surface area contributed by atoms with Gasteiger partial charge in [-0.25, -0.2) is 9.69 Å². The van der Waals surface area contributed by atoms with Crippen LogP contribution in [0.3, 0.4) is 0 Å². The topological polar surface area (TPSA) is 56.4 Å². The number of aryl methyl sites for hydroxylation is 1. The highest BCUT2D eigenvalue weighted by atomic mass is 16.2. The molecule has 2 aliphatic heterocycles. The molecule has 170 valence electrons. The van der Waals surface area contributed by atoms with E-state index in [1.165, 1.54) is 10.5 Å². The molecule has 0 spiro atoms. The zero-order chi connectivity index (χ0) is 23.6. The fraction of sp³-hybridized carbons (Fsp3) is 0.241. The molecule has 1 fully saturated rings. The SMILES string of the molecule is Cc1ccc([C@H]2c3[nH]c4ccccc4c3C[C@H]3C(=O)N(c4ccc(C(C)C)cc4)C(=O)N23)cc1. The summed E-state index contributed by atoms with van der Waals surface area (Å²) >= 11 is 0. The lowest BCUT2D eigenvalue weighted by Crippen LogP contribution is -2.44. The lowest BCUT2D eigenvalue weighted by atomic mass is 9.88. The summed E-state index contributed by atoms with van der Waals surface area (Å²) in [6.45, 7) is 6.31. The normalized spacial score (nSPS) is 19.8. The molecule has 2 atom stereocenters. The molecule has 3 heterocycles. The van der Waals surface area contributed by atoms with Crippen LogP contribution in [-0.4, -0.2) is 27.9 Å². The number of amides is 3. The smallest absolute Gasteiger partial charge is 0.332 e. The molecule has 5 nitrogen and oxygen atoms in total. The number of urea groups is 1. The Hall–Kier alpha value is -3.86. The maximum Gasteiger partial charge on any atom is 0.332 e. The number of fused-ring (bicyclic) bond motifs is 4. The van der Waals surface area contributed by atoms with Crippen molar-refractivity contribution in [2.75, 3.05) is 4.90 Å². The van der Waals surface area contributed by atoms with Gasteiger partial charge in [0.2, 0.25) is 0 Å². The van der Waals surface area contributed by atoms with Crippen molar-refractivity contribution in [3.05, 3.63) is 101 Å². The molecule has 2 aliphatic rings. The van der Waals surface area contributed by atoms with Crippen molar-refractivity contribution in [1.29, 1.82) is 0 Å². The van der Waals surface area contributed by atoms with Crippen LogP contribution in [0.5, 0.6) is 0 Å². The molecule has 1 N–H and O–H groups in total. The molecule has 0 aliphatic carbocycles. The number of hydrogen-bond donors (Lipinski definition) is 1. The Balaban J connectivity index is 1.49. The molecule has 1 saturated heterocycles. The number of H-pyrrole nitrogens is 1. The second-order valence-corrected chi connectivity index (χ2v) is 9.71. The predicted octanol–water partition coefficient (Wildman–Crippen LogP) is 6.08. The van der Waals surface area contributed by atoms with Crippen LogP contribution in [0.2, 0.25) is 0 Å². The summed E-state index contributed by atoms with van der Waals surface area (Å²) < 4.78 is 0. The van der Waals surface area contributed by atoms with Crippen LogP contribution in [-0.2, 0) is 11.2 Å². The summed E-state index contributed by atoms with van der Waals surface area (Å²) in [5.41, 5.74) is 7.13. The number of aromatic amines is 1. The van der Waals surface area contributed by atoms with Gasteiger partial charge in [0, 0.05) is 23.0 Å². The molecular formula is C29H27N3O2. The summed E-state index contributed by atoms with van der Waals surface area (Å²) in [6.07, 6.45) is 0.507. The quantitative estimate of drug-likeness (QED) is 0.385. The average molecular weight is 450 g/mol. The van der Waals surface area contributed by atoms with Gasteiger partial charge in [-0.15, -0.1) is 0 Å². The number of rotatable bonds is 3. The fourth-order valence-corrected chi connectivity index (χ4v) is 5.42. The van der Waals surface area contributed by atoms with Gasteiger partial charge in [-0.05, 0) is 47.7 Å². The van der Waals surface area contributed by atoms with Crippen LogP contribution < -0.4 is 4.90 Å². The van der Waals surface area contributed by atoms with E-state index in [1.54, 1.807) is 4.90 Å². The third kappa shape index (κ3) is 3.00. The van der Waals surface area contributed by atoms with E-state index in [-0.39, 0.29) is 18.0 Å². The van der Waals surface area contributed by atoms with Crippen LogP contribution >= 0.6 is 0 Å². The minimum atomic E-state index is -0.532. The van der Waals surface area contributed by atoms with Gasteiger partial charge in [0.1, 0.15) is 12.1 Å². The summed E-state index contributed by atoms with van der Waals surface area (Å²) in [7, 11) is 0. The van der Waals surface area contributed by atoms with Crippen molar-refractivity contribution in [2.24, 2.45) is 0 Å². The van der Waals surface area contributed by atoms with Crippen LogP contribution in [0.15, 0.2) is 72.8 Å².